The van der Waals surface area contributed by atoms with Gasteiger partial charge in [0, 0.05) is 30.3 Å². The number of carbonyl (C=O) groups is 1. The van der Waals surface area contributed by atoms with Gasteiger partial charge in [-0.2, -0.15) is 0 Å². The Labute approximate surface area is 128 Å². The molecule has 0 unspecified atom stereocenters. The molecular formula is C13H17ClN2O4S. The predicted molar refractivity (Wildman–Crippen MR) is 78.7 cm³/mol. The number of sulfonamides is 1. The maximum absolute atomic E-state index is 12.1. The third kappa shape index (κ3) is 4.67. The van der Waals surface area contributed by atoms with Gasteiger partial charge in [0.15, 0.2) is 0 Å². The van der Waals surface area contributed by atoms with Crippen LogP contribution in [0.1, 0.15) is 23.2 Å². The third-order valence-electron chi connectivity index (χ3n) is 3.35. The molecule has 0 saturated carbocycles. The fourth-order valence-corrected chi connectivity index (χ4v) is 3.03. The fraction of sp³-hybridized carbons (Fsp3) is 0.462. The molecule has 1 aromatic carbocycles. The van der Waals surface area contributed by atoms with Gasteiger partial charge in [-0.3, -0.25) is 4.79 Å². The molecule has 0 aromatic heterocycles. The van der Waals surface area contributed by atoms with E-state index in [1.807, 2.05) is 0 Å². The zero-order valence-corrected chi connectivity index (χ0v) is 12.9. The van der Waals surface area contributed by atoms with Crippen LogP contribution in [-0.4, -0.2) is 34.1 Å². The summed E-state index contributed by atoms with van der Waals surface area (Å²) in [5.74, 6) is 0.00786. The molecule has 6 nitrogen and oxygen atoms in total. The Morgan fingerprint density at radius 3 is 2.62 bits per heavy atom. The molecule has 1 aliphatic heterocycles. The van der Waals surface area contributed by atoms with Crippen molar-refractivity contribution in [2.45, 2.75) is 17.7 Å². The van der Waals surface area contributed by atoms with Crippen molar-refractivity contribution in [1.29, 1.82) is 0 Å². The number of hydrogen-bond acceptors (Lipinski definition) is 4. The standard InChI is InChI=1S/C13H17ClN2O4S/c14-11-5-10(6-12(7-11)21(15,18)19)13(17)16-8-9-1-3-20-4-2-9/h5-7,9H,1-4,8H2,(H,16,17)(H2,15,18,19). The summed E-state index contributed by atoms with van der Waals surface area (Å²) in [6.07, 6.45) is 1.80. The van der Waals surface area contributed by atoms with Crippen LogP contribution in [0.25, 0.3) is 0 Å². The van der Waals surface area contributed by atoms with E-state index in [4.69, 9.17) is 21.5 Å². The molecule has 1 aromatic rings. The van der Waals surface area contributed by atoms with Gasteiger partial charge >= 0.3 is 0 Å². The first-order chi connectivity index (χ1) is 9.86. The van der Waals surface area contributed by atoms with Crippen molar-refractivity contribution >= 4 is 27.5 Å². The zero-order valence-electron chi connectivity index (χ0n) is 11.3. The first-order valence-electron chi connectivity index (χ1n) is 6.55. The zero-order chi connectivity index (χ0) is 15.5. The van der Waals surface area contributed by atoms with Crippen LogP contribution in [0.2, 0.25) is 5.02 Å². The Bertz CT molecular complexity index is 627. The number of ether oxygens (including phenoxy) is 1. The first-order valence-corrected chi connectivity index (χ1v) is 8.48. The van der Waals surface area contributed by atoms with Gasteiger partial charge in [-0.05, 0) is 37.0 Å². The van der Waals surface area contributed by atoms with Gasteiger partial charge < -0.3 is 10.1 Å². The number of hydrogen-bond donors (Lipinski definition) is 2. The Morgan fingerprint density at radius 2 is 2.00 bits per heavy atom. The van der Waals surface area contributed by atoms with E-state index in [2.05, 4.69) is 5.32 Å². The van der Waals surface area contributed by atoms with Crippen molar-refractivity contribution in [2.24, 2.45) is 11.1 Å². The number of rotatable bonds is 4. The number of nitrogens with two attached hydrogens (primary N) is 1. The Balaban J connectivity index is 2.06. The number of halogens is 1. The average Bonchev–Trinajstić information content (AvgIpc) is 2.44. The molecule has 0 aliphatic carbocycles. The van der Waals surface area contributed by atoms with Crippen LogP contribution in [0.15, 0.2) is 23.1 Å². The van der Waals surface area contributed by atoms with Gasteiger partial charge in [-0.25, -0.2) is 13.6 Å². The lowest BCUT2D eigenvalue weighted by molar-refractivity contribution is 0.0642. The molecule has 1 aliphatic rings. The van der Waals surface area contributed by atoms with Crippen LogP contribution in [0, 0.1) is 5.92 Å². The summed E-state index contributed by atoms with van der Waals surface area (Å²) >= 11 is 5.83. The predicted octanol–water partition coefficient (Wildman–Crippen LogP) is 1.14. The molecule has 8 heteroatoms. The topological polar surface area (TPSA) is 98.5 Å². The molecular weight excluding hydrogens is 316 g/mol. The second-order valence-corrected chi connectivity index (χ2v) is 6.98. The van der Waals surface area contributed by atoms with Crippen LogP contribution in [0.3, 0.4) is 0 Å². The van der Waals surface area contributed by atoms with Crippen molar-refractivity contribution in [3.63, 3.8) is 0 Å². The number of carbonyl (C=O) groups excluding carboxylic acids is 1. The van der Waals surface area contributed by atoms with Crippen molar-refractivity contribution in [1.82, 2.24) is 5.32 Å². The van der Waals surface area contributed by atoms with Crippen molar-refractivity contribution in [3.05, 3.63) is 28.8 Å². The molecule has 1 fully saturated rings. The summed E-state index contributed by atoms with van der Waals surface area (Å²) in [6, 6.07) is 3.85. The van der Waals surface area contributed by atoms with E-state index in [0.29, 0.717) is 25.7 Å². The lowest BCUT2D eigenvalue weighted by Gasteiger charge is -2.22. The smallest absolute Gasteiger partial charge is 0.251 e. The molecule has 1 heterocycles. The molecule has 0 radical (unpaired) electrons. The summed E-state index contributed by atoms with van der Waals surface area (Å²) in [4.78, 5) is 11.9. The number of amides is 1. The van der Waals surface area contributed by atoms with Gasteiger partial charge in [-0.15, -0.1) is 0 Å². The van der Waals surface area contributed by atoms with Gasteiger partial charge in [0.05, 0.1) is 4.90 Å². The SMILES string of the molecule is NS(=O)(=O)c1cc(Cl)cc(C(=O)NCC2CCOCC2)c1. The summed E-state index contributed by atoms with van der Waals surface area (Å²) in [5, 5.41) is 7.99. The quantitative estimate of drug-likeness (QED) is 0.863. The van der Waals surface area contributed by atoms with Crippen molar-refractivity contribution < 1.29 is 17.9 Å². The molecule has 116 valence electrons. The number of benzene rings is 1. The maximum Gasteiger partial charge on any atom is 0.251 e. The monoisotopic (exact) mass is 332 g/mol. The Hall–Kier alpha value is -1.15. The molecule has 0 bridgehead atoms. The molecule has 1 saturated heterocycles. The summed E-state index contributed by atoms with van der Waals surface area (Å²) in [5.41, 5.74) is 0.179. The fourth-order valence-electron chi connectivity index (χ4n) is 2.15. The largest absolute Gasteiger partial charge is 0.381 e. The number of nitrogens with one attached hydrogen (secondary N) is 1. The van der Waals surface area contributed by atoms with E-state index in [-0.39, 0.29) is 21.4 Å². The minimum absolute atomic E-state index is 0.151. The molecule has 0 atom stereocenters. The third-order valence-corrected chi connectivity index (χ3v) is 4.47. The Kier molecular flexibility index (Phi) is 5.21. The second kappa shape index (κ2) is 6.74. The van der Waals surface area contributed by atoms with Crippen LogP contribution >= 0.6 is 11.6 Å². The highest BCUT2D eigenvalue weighted by Gasteiger charge is 2.17. The minimum Gasteiger partial charge on any atom is -0.381 e. The van der Waals surface area contributed by atoms with Crippen molar-refractivity contribution in [2.75, 3.05) is 19.8 Å². The lowest BCUT2D eigenvalue weighted by atomic mass is 10.0. The normalized spacial score (nSPS) is 16.7. The van der Waals surface area contributed by atoms with E-state index in [0.717, 1.165) is 12.8 Å². The number of primary sulfonamides is 1. The summed E-state index contributed by atoms with van der Waals surface area (Å²) < 4.78 is 27.9. The summed E-state index contributed by atoms with van der Waals surface area (Å²) in [6.45, 7) is 1.93. The summed E-state index contributed by atoms with van der Waals surface area (Å²) in [7, 11) is -3.90. The van der Waals surface area contributed by atoms with Crippen LogP contribution in [0.4, 0.5) is 0 Å². The van der Waals surface area contributed by atoms with Crippen LogP contribution < -0.4 is 10.5 Å². The highest BCUT2D eigenvalue weighted by Crippen LogP contribution is 2.19. The first kappa shape index (κ1) is 16.2. The highest BCUT2D eigenvalue weighted by molar-refractivity contribution is 7.89. The molecule has 2 rings (SSSR count). The van der Waals surface area contributed by atoms with Gasteiger partial charge in [-0.1, -0.05) is 11.6 Å². The second-order valence-electron chi connectivity index (χ2n) is 4.99. The molecule has 0 spiro atoms. The molecule has 21 heavy (non-hydrogen) atoms. The van der Waals surface area contributed by atoms with E-state index in [9.17, 15) is 13.2 Å². The molecule has 3 N–H and O–H groups in total. The van der Waals surface area contributed by atoms with E-state index in [1.165, 1.54) is 18.2 Å². The average molecular weight is 333 g/mol. The minimum atomic E-state index is -3.90. The van der Waals surface area contributed by atoms with Crippen LogP contribution in [-0.2, 0) is 14.8 Å². The van der Waals surface area contributed by atoms with Crippen molar-refractivity contribution in [3.8, 4) is 0 Å². The maximum atomic E-state index is 12.1. The van der Waals surface area contributed by atoms with Gasteiger partial charge in [0.2, 0.25) is 10.0 Å². The molecule has 1 amide bonds. The Morgan fingerprint density at radius 1 is 1.33 bits per heavy atom. The van der Waals surface area contributed by atoms with E-state index < -0.39 is 10.0 Å². The highest BCUT2D eigenvalue weighted by atomic mass is 35.5. The van der Waals surface area contributed by atoms with Gasteiger partial charge in [0.1, 0.15) is 0 Å². The van der Waals surface area contributed by atoms with Crippen LogP contribution in [0.5, 0.6) is 0 Å². The van der Waals surface area contributed by atoms with E-state index in [1.54, 1.807) is 0 Å². The van der Waals surface area contributed by atoms with Gasteiger partial charge in [0.25, 0.3) is 5.91 Å². The lowest BCUT2D eigenvalue weighted by Crippen LogP contribution is -2.32. The van der Waals surface area contributed by atoms with E-state index >= 15 is 0 Å².